The van der Waals surface area contributed by atoms with E-state index in [1.54, 1.807) is 7.11 Å². The van der Waals surface area contributed by atoms with Crippen LogP contribution in [0.25, 0.3) is 0 Å². The van der Waals surface area contributed by atoms with Gasteiger partial charge in [0.25, 0.3) is 0 Å². The molecular formula is C18H37ClN2O3. The Morgan fingerprint density at radius 1 is 1.08 bits per heavy atom. The predicted molar refractivity (Wildman–Crippen MR) is 101 cm³/mol. The highest BCUT2D eigenvalue weighted by atomic mass is 35.5. The first-order chi connectivity index (χ1) is 10.8. The number of Topliss-reactive ketones (excluding diaryl/α,β-unsaturated/α-hetero) is 2. The summed E-state index contributed by atoms with van der Waals surface area (Å²) >= 11 is 5.56. The van der Waals surface area contributed by atoms with E-state index in [9.17, 15) is 9.59 Å². The van der Waals surface area contributed by atoms with E-state index in [0.717, 1.165) is 6.42 Å². The van der Waals surface area contributed by atoms with Gasteiger partial charge < -0.3 is 10.5 Å². The Kier molecular flexibility index (Phi) is 12.8. The highest BCUT2D eigenvalue weighted by Gasteiger charge is 2.29. The fourth-order valence-electron chi connectivity index (χ4n) is 1.95. The lowest BCUT2D eigenvalue weighted by atomic mass is 9.84. The van der Waals surface area contributed by atoms with E-state index in [1.807, 2.05) is 48.5 Å². The van der Waals surface area contributed by atoms with Gasteiger partial charge >= 0.3 is 0 Å². The van der Waals surface area contributed by atoms with Crippen LogP contribution in [-0.2, 0) is 14.3 Å². The maximum absolute atomic E-state index is 11.7. The highest BCUT2D eigenvalue weighted by Crippen LogP contribution is 2.21. The van der Waals surface area contributed by atoms with Gasteiger partial charge in [0.15, 0.2) is 5.78 Å². The smallest absolute Gasteiger partial charge is 0.151 e. The van der Waals surface area contributed by atoms with Gasteiger partial charge in [-0.1, -0.05) is 48.5 Å². The fraction of sp³-hybridized carbons (Fsp3) is 0.889. The minimum Gasteiger partial charge on any atom is -0.385 e. The Bertz CT molecular complexity index is 373. The van der Waals surface area contributed by atoms with Gasteiger partial charge in [-0.15, -0.1) is 0 Å². The zero-order chi connectivity index (χ0) is 19.6. The monoisotopic (exact) mass is 364 g/mol. The molecule has 0 radical (unpaired) electrons. The predicted octanol–water partition coefficient (Wildman–Crippen LogP) is 3.48. The molecule has 0 aliphatic rings. The van der Waals surface area contributed by atoms with Crippen LogP contribution < -0.4 is 10.6 Å². The average molecular weight is 365 g/mol. The van der Waals surface area contributed by atoms with Crippen LogP contribution in [0.2, 0.25) is 0 Å². The summed E-state index contributed by atoms with van der Waals surface area (Å²) in [6.07, 6.45) is 1.80. The molecule has 0 aliphatic carbocycles. The van der Waals surface area contributed by atoms with E-state index in [1.165, 1.54) is 0 Å². The van der Waals surface area contributed by atoms with Crippen LogP contribution in [0.3, 0.4) is 0 Å². The third kappa shape index (κ3) is 11.1. The van der Waals surface area contributed by atoms with Gasteiger partial charge in [0.05, 0.1) is 12.1 Å². The van der Waals surface area contributed by atoms with Crippen molar-refractivity contribution in [3.8, 4) is 0 Å². The van der Waals surface area contributed by atoms with Crippen LogP contribution in [0.4, 0.5) is 0 Å². The molecule has 0 heterocycles. The third-order valence-corrected chi connectivity index (χ3v) is 3.92. The van der Waals surface area contributed by atoms with Gasteiger partial charge in [0.2, 0.25) is 0 Å². The zero-order valence-electron chi connectivity index (χ0n) is 16.7. The van der Waals surface area contributed by atoms with Crippen LogP contribution in [0, 0.1) is 10.8 Å². The summed E-state index contributed by atoms with van der Waals surface area (Å²) in [5, 5.41) is 0. The minimum atomic E-state index is -0.308. The van der Waals surface area contributed by atoms with Crippen molar-refractivity contribution < 1.29 is 14.3 Å². The number of ether oxygens (including phenoxy) is 1. The number of carbonyl (C=O) groups excluding carboxylic acids is 2. The molecule has 24 heavy (non-hydrogen) atoms. The number of methoxy groups -OCH3 is 1. The average Bonchev–Trinajstić information content (AvgIpc) is 2.44. The number of hydrogen-bond acceptors (Lipinski definition) is 5. The first-order valence-electron chi connectivity index (χ1n) is 8.49. The summed E-state index contributed by atoms with van der Waals surface area (Å²) in [5.74, 6) is 0.289. The summed E-state index contributed by atoms with van der Waals surface area (Å²) < 4.78 is 4.89. The van der Waals surface area contributed by atoms with Crippen LogP contribution in [0.1, 0.15) is 67.7 Å². The molecule has 2 unspecified atom stereocenters. The molecule has 0 aliphatic heterocycles. The number of hydrogen-bond donors (Lipinski definition) is 2. The van der Waals surface area contributed by atoms with Gasteiger partial charge in [-0.05, 0) is 29.0 Å². The number of nitrogens with one attached hydrogen (secondary N) is 1. The maximum atomic E-state index is 11.7. The zero-order valence-corrected chi connectivity index (χ0v) is 17.4. The van der Waals surface area contributed by atoms with Crippen molar-refractivity contribution in [2.75, 3.05) is 13.7 Å². The van der Waals surface area contributed by atoms with Crippen molar-refractivity contribution >= 4 is 23.3 Å². The van der Waals surface area contributed by atoms with Crippen LogP contribution in [0.5, 0.6) is 0 Å². The lowest BCUT2D eigenvalue weighted by Gasteiger charge is -2.27. The first kappa shape index (κ1) is 25.7. The Balaban J connectivity index is 0. The molecule has 2 atom stereocenters. The summed E-state index contributed by atoms with van der Waals surface area (Å²) in [4.78, 5) is 25.3. The molecule has 0 fully saturated rings. The van der Waals surface area contributed by atoms with Crippen LogP contribution in [0.15, 0.2) is 0 Å². The van der Waals surface area contributed by atoms with Crippen molar-refractivity contribution in [3.05, 3.63) is 0 Å². The molecule has 0 aromatic rings. The molecular weight excluding hydrogens is 328 g/mol. The first-order valence-corrected chi connectivity index (χ1v) is 8.86. The molecule has 0 saturated heterocycles. The van der Waals surface area contributed by atoms with Crippen molar-refractivity contribution in [2.24, 2.45) is 16.6 Å². The quantitative estimate of drug-likeness (QED) is 0.509. The molecule has 0 bridgehead atoms. The van der Waals surface area contributed by atoms with Crippen LogP contribution in [-0.4, -0.2) is 37.4 Å². The van der Waals surface area contributed by atoms with Crippen LogP contribution >= 0.6 is 11.8 Å². The van der Waals surface area contributed by atoms with E-state index >= 15 is 0 Å². The summed E-state index contributed by atoms with van der Waals surface area (Å²) in [7, 11) is 1.63. The molecule has 0 aromatic carbocycles. The lowest BCUT2D eigenvalue weighted by molar-refractivity contribution is -0.123. The Hall–Kier alpha value is -0.490. The maximum Gasteiger partial charge on any atom is 0.151 e. The second kappa shape index (κ2) is 12.0. The number of halogens is 1. The molecule has 0 amide bonds. The van der Waals surface area contributed by atoms with Gasteiger partial charge in [-0.3, -0.25) is 9.59 Å². The van der Waals surface area contributed by atoms with E-state index in [4.69, 9.17) is 22.2 Å². The molecule has 0 rings (SSSR count). The molecule has 0 spiro atoms. The molecule has 144 valence electrons. The SMILES string of the molecule is CCC(=O)C(N)C(C)(C)C.COCCCC(=O)C(NCl)C(C)(C)C. The van der Waals surface area contributed by atoms with E-state index < -0.39 is 0 Å². The normalized spacial score (nSPS) is 14.4. The largest absolute Gasteiger partial charge is 0.385 e. The molecule has 0 saturated carbocycles. The van der Waals surface area contributed by atoms with Crippen molar-refractivity contribution in [1.82, 2.24) is 4.84 Å². The minimum absolute atomic E-state index is 0.0902. The molecule has 6 heteroatoms. The Labute approximate surface area is 153 Å². The summed E-state index contributed by atoms with van der Waals surface area (Å²) in [5.41, 5.74) is 5.42. The number of rotatable bonds is 8. The van der Waals surface area contributed by atoms with E-state index in [0.29, 0.717) is 19.4 Å². The van der Waals surface area contributed by atoms with Crippen molar-refractivity contribution in [1.29, 1.82) is 0 Å². The highest BCUT2D eigenvalue weighted by molar-refractivity contribution is 6.15. The number of carbonyl (C=O) groups is 2. The second-order valence-corrected chi connectivity index (χ2v) is 8.35. The van der Waals surface area contributed by atoms with Gasteiger partial charge in [0.1, 0.15) is 5.78 Å². The van der Waals surface area contributed by atoms with E-state index in [2.05, 4.69) is 4.84 Å². The third-order valence-electron chi connectivity index (χ3n) is 3.70. The van der Waals surface area contributed by atoms with Crippen molar-refractivity contribution in [3.63, 3.8) is 0 Å². The molecule has 3 N–H and O–H groups in total. The molecule has 5 nitrogen and oxygen atoms in total. The Morgan fingerprint density at radius 3 is 1.83 bits per heavy atom. The van der Waals surface area contributed by atoms with E-state index in [-0.39, 0.29) is 34.5 Å². The number of nitrogens with two attached hydrogens (primary N) is 1. The lowest BCUT2D eigenvalue weighted by Crippen LogP contribution is -2.42. The van der Waals surface area contributed by atoms with Gasteiger partial charge in [-0.25, -0.2) is 4.84 Å². The summed E-state index contributed by atoms with van der Waals surface area (Å²) in [6, 6.07) is -0.599. The fourth-order valence-corrected chi connectivity index (χ4v) is 2.39. The Morgan fingerprint density at radius 2 is 1.58 bits per heavy atom. The van der Waals surface area contributed by atoms with Gasteiger partial charge in [-0.2, -0.15) is 0 Å². The van der Waals surface area contributed by atoms with Crippen molar-refractivity contribution in [2.45, 2.75) is 79.8 Å². The standard InChI is InChI=1S/C10H20ClNO2.C8H17NO/c1-10(2,3)9(12-11)8(13)6-5-7-14-4;1-5-6(10)7(9)8(2,3)4/h9,12H,5-7H2,1-4H3;7H,5,9H2,1-4H3. The second-order valence-electron chi connectivity index (χ2n) is 8.13. The van der Waals surface area contributed by atoms with Gasteiger partial charge in [0, 0.05) is 26.6 Å². The topological polar surface area (TPSA) is 81.4 Å². The molecule has 0 aromatic heterocycles. The number of ketones is 2. The summed E-state index contributed by atoms with van der Waals surface area (Å²) in [6.45, 7) is 14.4.